The number of benzene rings is 1. The van der Waals surface area contributed by atoms with E-state index in [4.69, 9.17) is 10.00 Å². The van der Waals surface area contributed by atoms with E-state index >= 15 is 0 Å². The number of nitriles is 1. The highest BCUT2D eigenvalue weighted by atomic mass is 32.1. The highest BCUT2D eigenvalue weighted by Crippen LogP contribution is 2.14. The van der Waals surface area contributed by atoms with E-state index in [1.54, 1.807) is 5.51 Å². The van der Waals surface area contributed by atoms with E-state index in [1.165, 1.54) is 11.3 Å². The topological polar surface area (TPSA) is 70.8 Å². The van der Waals surface area contributed by atoms with Gasteiger partial charge >= 0.3 is 0 Å². The minimum Gasteiger partial charge on any atom is -0.479 e. The molecule has 0 atom stereocenters. The number of hydrogen-bond acceptors (Lipinski definition) is 6. The minimum atomic E-state index is 0.0718. The highest BCUT2D eigenvalue weighted by Gasteiger charge is 1.97. The lowest BCUT2D eigenvalue weighted by molar-refractivity contribution is 0.368. The van der Waals surface area contributed by atoms with Crippen molar-refractivity contribution < 1.29 is 4.74 Å². The normalized spacial score (nSPS) is 9.59. The number of ether oxygens (including phenoxy) is 1. The molecule has 1 aromatic carbocycles. The van der Waals surface area contributed by atoms with E-state index in [1.807, 2.05) is 30.3 Å². The Kier molecular flexibility index (Phi) is 3.89. The maximum absolute atomic E-state index is 8.38. The second-order valence-electron chi connectivity index (χ2n) is 3.19. The molecule has 1 aromatic heterocycles. The molecule has 1 N–H and O–H groups in total. The zero-order chi connectivity index (χ0) is 11.9. The molecule has 2 rings (SSSR count). The fraction of sp³-hybridized carbons (Fsp3) is 0.182. The first-order valence-corrected chi connectivity index (χ1v) is 5.85. The van der Waals surface area contributed by atoms with Gasteiger partial charge in [-0.1, -0.05) is 23.5 Å². The van der Waals surface area contributed by atoms with Crippen LogP contribution in [0.5, 0.6) is 5.75 Å². The van der Waals surface area contributed by atoms with Crippen molar-refractivity contribution in [1.82, 2.24) is 10.2 Å². The molecule has 0 fully saturated rings. The molecule has 0 saturated heterocycles. The van der Waals surface area contributed by atoms with Gasteiger partial charge in [-0.05, 0) is 17.7 Å². The van der Waals surface area contributed by atoms with Gasteiger partial charge in [0.25, 0.3) is 0 Å². The Balaban J connectivity index is 1.88. The van der Waals surface area contributed by atoms with Gasteiger partial charge in [-0.2, -0.15) is 5.26 Å². The first kappa shape index (κ1) is 11.4. The highest BCUT2D eigenvalue weighted by molar-refractivity contribution is 7.13. The molecule has 1 heterocycles. The summed E-state index contributed by atoms with van der Waals surface area (Å²) in [7, 11) is 0. The Labute approximate surface area is 103 Å². The van der Waals surface area contributed by atoms with Crippen LogP contribution in [0.2, 0.25) is 0 Å². The Morgan fingerprint density at radius 1 is 1.35 bits per heavy atom. The molecule has 2 aromatic rings. The zero-order valence-corrected chi connectivity index (χ0v) is 9.78. The summed E-state index contributed by atoms with van der Waals surface area (Å²) in [5, 5.41) is 20.0. The molecule has 6 heteroatoms. The summed E-state index contributed by atoms with van der Waals surface area (Å²) in [6.45, 7) is 0.760. The minimum absolute atomic E-state index is 0.0718. The third kappa shape index (κ3) is 3.43. The molecule has 0 aliphatic carbocycles. The predicted octanol–water partition coefficient (Wildman–Crippen LogP) is 2.05. The smallest absolute Gasteiger partial charge is 0.205 e. The number of nitrogens with one attached hydrogen (secondary N) is 1. The van der Waals surface area contributed by atoms with Crippen molar-refractivity contribution in [1.29, 1.82) is 5.26 Å². The van der Waals surface area contributed by atoms with E-state index in [0.717, 1.165) is 10.7 Å². The third-order valence-electron chi connectivity index (χ3n) is 2.03. The summed E-state index contributed by atoms with van der Waals surface area (Å²) in [6, 6.07) is 9.50. The largest absolute Gasteiger partial charge is 0.479 e. The van der Waals surface area contributed by atoms with E-state index < -0.39 is 0 Å². The second-order valence-corrected chi connectivity index (χ2v) is 4.02. The van der Waals surface area contributed by atoms with Gasteiger partial charge in [-0.25, -0.2) is 0 Å². The van der Waals surface area contributed by atoms with E-state index in [9.17, 15) is 0 Å². The van der Waals surface area contributed by atoms with Gasteiger partial charge < -0.3 is 10.1 Å². The van der Waals surface area contributed by atoms with Crippen molar-refractivity contribution in [2.75, 3.05) is 11.9 Å². The van der Waals surface area contributed by atoms with Gasteiger partial charge in [0.1, 0.15) is 17.3 Å². The molecule has 17 heavy (non-hydrogen) atoms. The van der Waals surface area contributed by atoms with Crippen molar-refractivity contribution in [3.63, 3.8) is 0 Å². The van der Waals surface area contributed by atoms with Crippen LogP contribution in [0.4, 0.5) is 5.13 Å². The summed E-state index contributed by atoms with van der Waals surface area (Å²) in [6.07, 6.45) is 0. The first-order valence-electron chi connectivity index (χ1n) is 4.97. The molecular weight excluding hydrogens is 236 g/mol. The van der Waals surface area contributed by atoms with Crippen molar-refractivity contribution >= 4 is 16.5 Å². The van der Waals surface area contributed by atoms with Crippen LogP contribution in [0.3, 0.4) is 0 Å². The van der Waals surface area contributed by atoms with Gasteiger partial charge in [0, 0.05) is 6.54 Å². The van der Waals surface area contributed by atoms with Gasteiger partial charge in [-0.3, -0.25) is 0 Å². The number of anilines is 1. The lowest BCUT2D eigenvalue weighted by atomic mass is 10.2. The van der Waals surface area contributed by atoms with Crippen LogP contribution >= 0.6 is 11.3 Å². The molecule has 86 valence electrons. The van der Waals surface area contributed by atoms with Crippen LogP contribution in [0.25, 0.3) is 0 Å². The standard InChI is InChI=1S/C11H10N4OS/c12-5-6-16-10-3-1-9(2-4-10)7-13-11-15-14-8-17-11/h1-4,8H,6-7H2,(H,13,15). The predicted molar refractivity (Wildman–Crippen MR) is 64.8 cm³/mol. The maximum atomic E-state index is 8.38. The Hall–Kier alpha value is -2.13. The summed E-state index contributed by atoms with van der Waals surface area (Å²) >= 11 is 1.46. The van der Waals surface area contributed by atoms with Gasteiger partial charge in [0.15, 0.2) is 6.61 Å². The van der Waals surface area contributed by atoms with Crippen molar-refractivity contribution in [3.8, 4) is 11.8 Å². The van der Waals surface area contributed by atoms with Crippen molar-refractivity contribution in [2.45, 2.75) is 6.54 Å². The van der Waals surface area contributed by atoms with Crippen LogP contribution in [0.15, 0.2) is 29.8 Å². The fourth-order valence-corrected chi connectivity index (χ4v) is 1.69. The first-order chi connectivity index (χ1) is 8.38. The van der Waals surface area contributed by atoms with E-state index in [-0.39, 0.29) is 6.61 Å². The zero-order valence-electron chi connectivity index (χ0n) is 8.96. The molecule has 0 amide bonds. The molecular formula is C11H10N4OS. The molecule has 0 saturated carbocycles. The molecule has 5 nitrogen and oxygen atoms in total. The molecule has 0 spiro atoms. The number of aromatic nitrogens is 2. The lowest BCUT2D eigenvalue weighted by Gasteiger charge is -2.04. The summed E-state index contributed by atoms with van der Waals surface area (Å²) in [4.78, 5) is 0. The molecule has 0 aliphatic rings. The summed E-state index contributed by atoms with van der Waals surface area (Å²) < 4.78 is 5.16. The molecule has 0 bridgehead atoms. The monoisotopic (exact) mass is 246 g/mol. The number of rotatable bonds is 5. The summed E-state index contributed by atoms with van der Waals surface area (Å²) in [5.74, 6) is 0.700. The fourth-order valence-electron chi connectivity index (χ4n) is 1.25. The average molecular weight is 246 g/mol. The van der Waals surface area contributed by atoms with Crippen molar-refractivity contribution in [3.05, 3.63) is 35.3 Å². The SMILES string of the molecule is N#CCOc1ccc(CNc2nncs2)cc1. The second kappa shape index (κ2) is 5.82. The van der Waals surface area contributed by atoms with Crippen LogP contribution in [0.1, 0.15) is 5.56 Å². The van der Waals surface area contributed by atoms with Crippen LogP contribution in [0, 0.1) is 11.3 Å². The van der Waals surface area contributed by atoms with Crippen LogP contribution in [-0.2, 0) is 6.54 Å². The third-order valence-corrected chi connectivity index (χ3v) is 2.68. The van der Waals surface area contributed by atoms with Crippen molar-refractivity contribution in [2.24, 2.45) is 0 Å². The Morgan fingerprint density at radius 2 is 2.18 bits per heavy atom. The van der Waals surface area contributed by atoms with E-state index in [2.05, 4.69) is 15.5 Å². The number of hydrogen-bond donors (Lipinski definition) is 1. The Bertz CT molecular complexity index is 489. The van der Waals surface area contributed by atoms with Gasteiger partial charge in [0.05, 0.1) is 0 Å². The molecule has 0 radical (unpaired) electrons. The Morgan fingerprint density at radius 3 is 2.82 bits per heavy atom. The molecule has 0 unspecified atom stereocenters. The average Bonchev–Trinajstić information content (AvgIpc) is 2.88. The van der Waals surface area contributed by atoms with Gasteiger partial charge in [0.2, 0.25) is 5.13 Å². The van der Waals surface area contributed by atoms with Crippen LogP contribution in [-0.4, -0.2) is 16.8 Å². The maximum Gasteiger partial charge on any atom is 0.205 e. The van der Waals surface area contributed by atoms with Gasteiger partial charge in [-0.15, -0.1) is 10.2 Å². The quantitative estimate of drug-likeness (QED) is 0.874. The number of nitrogens with zero attached hydrogens (tertiary/aromatic N) is 3. The lowest BCUT2D eigenvalue weighted by Crippen LogP contribution is -1.99. The van der Waals surface area contributed by atoms with Crippen LogP contribution < -0.4 is 10.1 Å². The summed E-state index contributed by atoms with van der Waals surface area (Å²) in [5.41, 5.74) is 2.80. The van der Waals surface area contributed by atoms with E-state index in [0.29, 0.717) is 12.3 Å². The molecule has 0 aliphatic heterocycles.